The minimum atomic E-state index is -0.873. The minimum absolute atomic E-state index is 0.0450. The van der Waals surface area contributed by atoms with Crippen LogP contribution in [-0.4, -0.2) is 38.1 Å². The third-order valence-electron chi connectivity index (χ3n) is 2.89. The summed E-state index contributed by atoms with van der Waals surface area (Å²) < 4.78 is 27.2. The van der Waals surface area contributed by atoms with E-state index in [1.165, 1.54) is 6.07 Å². The van der Waals surface area contributed by atoms with Gasteiger partial charge in [-0.25, -0.2) is 8.78 Å². The maximum Gasteiger partial charge on any atom is 0.184 e. The fourth-order valence-electron chi connectivity index (χ4n) is 2.16. The summed E-state index contributed by atoms with van der Waals surface area (Å²) in [4.78, 5) is 3.79. The summed E-state index contributed by atoms with van der Waals surface area (Å²) in [6.07, 6.45) is 0. The van der Waals surface area contributed by atoms with Crippen LogP contribution in [0.4, 0.5) is 20.2 Å². The Balaban J connectivity index is 3.12. The van der Waals surface area contributed by atoms with Gasteiger partial charge in [0, 0.05) is 19.1 Å². The van der Waals surface area contributed by atoms with Crippen molar-refractivity contribution < 1.29 is 8.78 Å². The first-order valence-corrected chi connectivity index (χ1v) is 6.03. The van der Waals surface area contributed by atoms with Crippen molar-refractivity contribution in [2.75, 3.05) is 37.8 Å². The van der Waals surface area contributed by atoms with Crippen LogP contribution in [0.5, 0.6) is 0 Å². The molecule has 0 aliphatic carbocycles. The molecule has 2 N–H and O–H groups in total. The molecule has 102 valence electrons. The molecule has 0 radical (unpaired) electrons. The lowest BCUT2D eigenvalue weighted by Crippen LogP contribution is -2.41. The molecule has 0 spiro atoms. The van der Waals surface area contributed by atoms with Crippen LogP contribution in [0.15, 0.2) is 12.1 Å². The topological polar surface area (TPSA) is 32.5 Å². The summed E-state index contributed by atoms with van der Waals surface area (Å²) in [5.41, 5.74) is 6.20. The standard InChI is InChI=1S/C13H21F2N3/c1-5-18(9(2)8-17(3)4)13-11(16)7-6-10(14)12(13)15/h6-7,9H,5,8,16H2,1-4H3. The predicted octanol–water partition coefficient (Wildman–Crippen LogP) is 2.32. The van der Waals surface area contributed by atoms with Gasteiger partial charge >= 0.3 is 0 Å². The molecule has 0 aliphatic heterocycles. The number of hydrogen-bond acceptors (Lipinski definition) is 3. The highest BCUT2D eigenvalue weighted by Crippen LogP contribution is 2.30. The van der Waals surface area contributed by atoms with E-state index in [9.17, 15) is 8.78 Å². The van der Waals surface area contributed by atoms with Crippen molar-refractivity contribution in [1.82, 2.24) is 4.90 Å². The zero-order valence-corrected chi connectivity index (χ0v) is 11.4. The van der Waals surface area contributed by atoms with E-state index in [2.05, 4.69) is 0 Å². The van der Waals surface area contributed by atoms with Crippen molar-refractivity contribution in [3.05, 3.63) is 23.8 Å². The number of nitrogen functional groups attached to an aromatic ring is 1. The largest absolute Gasteiger partial charge is 0.397 e. The first-order chi connectivity index (χ1) is 8.38. The third-order valence-corrected chi connectivity index (χ3v) is 2.89. The normalized spacial score (nSPS) is 12.8. The van der Waals surface area contributed by atoms with Crippen LogP contribution in [0.3, 0.4) is 0 Å². The van der Waals surface area contributed by atoms with Crippen molar-refractivity contribution in [3.8, 4) is 0 Å². The quantitative estimate of drug-likeness (QED) is 0.822. The van der Waals surface area contributed by atoms with Crippen LogP contribution in [0.1, 0.15) is 13.8 Å². The van der Waals surface area contributed by atoms with Crippen LogP contribution in [0.2, 0.25) is 0 Å². The SMILES string of the molecule is CCN(c1c(N)ccc(F)c1F)C(C)CN(C)C. The molecule has 0 heterocycles. The van der Waals surface area contributed by atoms with Gasteiger partial charge in [0.15, 0.2) is 11.6 Å². The molecule has 0 saturated carbocycles. The Kier molecular flexibility index (Phi) is 4.90. The molecule has 5 heteroatoms. The van der Waals surface area contributed by atoms with Crippen LogP contribution in [0.25, 0.3) is 0 Å². The number of benzene rings is 1. The second-order valence-corrected chi connectivity index (χ2v) is 4.70. The molecule has 0 aromatic heterocycles. The molecule has 1 atom stereocenters. The number of hydrogen-bond donors (Lipinski definition) is 1. The van der Waals surface area contributed by atoms with Gasteiger partial charge in [-0.2, -0.15) is 0 Å². The summed E-state index contributed by atoms with van der Waals surface area (Å²) in [6, 6.07) is 2.50. The summed E-state index contributed by atoms with van der Waals surface area (Å²) in [5, 5.41) is 0. The molecule has 3 nitrogen and oxygen atoms in total. The van der Waals surface area contributed by atoms with Gasteiger partial charge in [0.1, 0.15) is 0 Å². The molecule has 1 aromatic carbocycles. The first-order valence-electron chi connectivity index (χ1n) is 6.03. The average molecular weight is 257 g/mol. The lowest BCUT2D eigenvalue weighted by Gasteiger charge is -2.33. The van der Waals surface area contributed by atoms with Crippen LogP contribution in [-0.2, 0) is 0 Å². The van der Waals surface area contributed by atoms with Crippen molar-refractivity contribution in [2.24, 2.45) is 0 Å². The highest BCUT2D eigenvalue weighted by atomic mass is 19.2. The van der Waals surface area contributed by atoms with E-state index in [-0.39, 0.29) is 17.4 Å². The van der Waals surface area contributed by atoms with Gasteiger partial charge in [0.2, 0.25) is 0 Å². The summed E-state index contributed by atoms with van der Waals surface area (Å²) in [6.45, 7) is 5.17. The number of nitrogens with two attached hydrogens (primary N) is 1. The molecular formula is C13H21F2N3. The fraction of sp³-hybridized carbons (Fsp3) is 0.538. The van der Waals surface area contributed by atoms with Crippen LogP contribution >= 0.6 is 0 Å². The average Bonchev–Trinajstić information content (AvgIpc) is 2.28. The van der Waals surface area contributed by atoms with Crippen molar-refractivity contribution >= 4 is 11.4 Å². The highest BCUT2D eigenvalue weighted by Gasteiger charge is 2.21. The molecular weight excluding hydrogens is 236 g/mol. The lowest BCUT2D eigenvalue weighted by atomic mass is 10.1. The number of likely N-dealkylation sites (N-methyl/N-ethyl adjacent to an activating group) is 2. The number of rotatable bonds is 5. The van der Waals surface area contributed by atoms with Crippen molar-refractivity contribution in [3.63, 3.8) is 0 Å². The Labute approximate surface area is 107 Å². The van der Waals surface area contributed by atoms with Gasteiger partial charge in [-0.3, -0.25) is 0 Å². The van der Waals surface area contributed by atoms with Gasteiger partial charge in [-0.05, 0) is 40.1 Å². The second kappa shape index (κ2) is 6.00. The molecule has 1 unspecified atom stereocenters. The Morgan fingerprint density at radius 2 is 1.89 bits per heavy atom. The molecule has 0 saturated heterocycles. The van der Waals surface area contributed by atoms with Crippen molar-refractivity contribution in [1.29, 1.82) is 0 Å². The number of nitrogens with zero attached hydrogens (tertiary/aromatic N) is 2. The van der Waals surface area contributed by atoms with Crippen molar-refractivity contribution in [2.45, 2.75) is 19.9 Å². The van der Waals surface area contributed by atoms with Gasteiger partial charge in [0.25, 0.3) is 0 Å². The maximum absolute atomic E-state index is 13.9. The third kappa shape index (κ3) is 3.10. The molecule has 0 aliphatic rings. The summed E-state index contributed by atoms with van der Waals surface area (Å²) in [5.74, 6) is -1.74. The summed E-state index contributed by atoms with van der Waals surface area (Å²) in [7, 11) is 3.88. The van der Waals surface area contributed by atoms with Gasteiger partial charge in [0.05, 0.1) is 11.4 Å². The second-order valence-electron chi connectivity index (χ2n) is 4.70. The van der Waals surface area contributed by atoms with E-state index < -0.39 is 11.6 Å². The molecule has 0 fully saturated rings. The Morgan fingerprint density at radius 3 is 2.39 bits per heavy atom. The predicted molar refractivity (Wildman–Crippen MR) is 71.8 cm³/mol. The zero-order valence-electron chi connectivity index (χ0n) is 11.4. The first kappa shape index (κ1) is 14.7. The van der Waals surface area contributed by atoms with Crippen LogP contribution < -0.4 is 10.6 Å². The zero-order chi connectivity index (χ0) is 13.9. The van der Waals surface area contributed by atoms with Gasteiger partial charge in [-0.15, -0.1) is 0 Å². The molecule has 1 aromatic rings. The molecule has 1 rings (SSSR count). The highest BCUT2D eigenvalue weighted by molar-refractivity contribution is 5.68. The lowest BCUT2D eigenvalue weighted by molar-refractivity contribution is 0.371. The number of halogens is 2. The smallest absolute Gasteiger partial charge is 0.184 e. The Morgan fingerprint density at radius 1 is 1.28 bits per heavy atom. The Hall–Kier alpha value is -1.36. The van der Waals surface area contributed by atoms with Gasteiger partial charge < -0.3 is 15.5 Å². The fourth-order valence-corrected chi connectivity index (χ4v) is 2.16. The van der Waals surface area contributed by atoms with E-state index >= 15 is 0 Å². The maximum atomic E-state index is 13.9. The van der Waals surface area contributed by atoms with E-state index in [0.29, 0.717) is 6.54 Å². The Bertz CT molecular complexity index is 407. The van der Waals surface area contributed by atoms with Gasteiger partial charge in [-0.1, -0.05) is 0 Å². The number of anilines is 2. The van der Waals surface area contributed by atoms with E-state index in [0.717, 1.165) is 12.6 Å². The van der Waals surface area contributed by atoms with E-state index in [1.807, 2.05) is 32.8 Å². The molecule has 18 heavy (non-hydrogen) atoms. The van der Waals surface area contributed by atoms with E-state index in [1.54, 1.807) is 4.90 Å². The molecule has 0 bridgehead atoms. The minimum Gasteiger partial charge on any atom is -0.397 e. The monoisotopic (exact) mass is 257 g/mol. The van der Waals surface area contributed by atoms with Crippen LogP contribution in [0, 0.1) is 11.6 Å². The van der Waals surface area contributed by atoms with E-state index in [4.69, 9.17) is 5.73 Å². The summed E-state index contributed by atoms with van der Waals surface area (Å²) >= 11 is 0. The molecule has 0 amide bonds.